The molecule has 0 aliphatic rings. The minimum Gasteiger partial charge on any atom is -0.496 e. The molecule has 0 saturated carbocycles. The zero-order valence-electron chi connectivity index (χ0n) is 10.8. The van der Waals surface area contributed by atoms with Crippen molar-refractivity contribution in [2.45, 2.75) is 10.8 Å². The van der Waals surface area contributed by atoms with Crippen molar-refractivity contribution in [1.82, 2.24) is 0 Å². The maximum absolute atomic E-state index is 13.5. The van der Waals surface area contributed by atoms with Crippen molar-refractivity contribution in [2.24, 2.45) is 0 Å². The monoisotopic (exact) mass is 402 g/mol. The van der Waals surface area contributed by atoms with Gasteiger partial charge in [0.2, 0.25) is 6.61 Å². The molecule has 0 bridgehead atoms. The maximum Gasteiger partial charge on any atom is 0.639 e. The molecule has 0 fully saturated rings. The highest BCUT2D eigenvalue weighted by Crippen LogP contribution is 2.28. The smallest absolute Gasteiger partial charge is 0.496 e. The number of benzene rings is 1. The molecule has 1 aromatic carbocycles. The molecule has 1 rings (SSSR count). The molecule has 22 heavy (non-hydrogen) atoms. The third kappa shape index (κ3) is 3.66. The molecule has 10 nitrogen and oxygen atoms in total. The summed E-state index contributed by atoms with van der Waals surface area (Å²) in [5.74, 6) is -3.98. The Morgan fingerprint density at radius 1 is 1.32 bits per heavy atom. The molecule has 0 heterocycles. The van der Waals surface area contributed by atoms with Crippen LogP contribution in [0.4, 0.5) is 4.39 Å². The highest BCUT2D eigenvalue weighted by molar-refractivity contribution is 9.10. The second kappa shape index (κ2) is 6.50. The molecule has 0 spiro atoms. The van der Waals surface area contributed by atoms with E-state index >= 15 is 0 Å². The molecule has 0 saturated heterocycles. The van der Waals surface area contributed by atoms with E-state index in [1.807, 2.05) is 0 Å². The summed E-state index contributed by atoms with van der Waals surface area (Å²) in [6, 6.07) is 3.30. The number of alkyl halides is 1. The molecule has 13 heteroatoms. The second-order valence-electron chi connectivity index (χ2n) is 3.75. The molecule has 0 atom stereocenters. The van der Waals surface area contributed by atoms with Gasteiger partial charge in [0, 0.05) is 0 Å². The Kier molecular flexibility index (Phi) is 5.37. The van der Waals surface area contributed by atoms with Crippen LogP contribution < -0.4 is 4.74 Å². The largest absolute Gasteiger partial charge is 0.639 e. The summed E-state index contributed by atoms with van der Waals surface area (Å²) >= 11 is 3.00. The summed E-state index contributed by atoms with van der Waals surface area (Å²) in [7, 11) is -3.31. The van der Waals surface area contributed by atoms with Crippen LogP contribution in [0.5, 0.6) is 5.75 Å². The topological polar surface area (TPSA) is 139 Å². The van der Waals surface area contributed by atoms with Crippen LogP contribution in [0.15, 0.2) is 27.6 Å². The first-order valence-corrected chi connectivity index (χ1v) is 7.45. The third-order valence-corrected chi connectivity index (χ3v) is 4.25. The fraction of sp³-hybridized carbons (Fsp3) is 0.333. The number of nitrogens with zero attached hydrogens (tertiary/aromatic N) is 2. The standard InChI is InChI=1S/C9H8BrFN2O8S/c1-20-8-3-2-6(4-7(8)10)22(18,19)21-5-9(11,12(14)15)13(16)17/h2-4H,5H2,1H3. The van der Waals surface area contributed by atoms with Gasteiger partial charge in [-0.05, 0) is 34.1 Å². The highest BCUT2D eigenvalue weighted by Gasteiger charge is 2.59. The minimum absolute atomic E-state index is 0.217. The normalized spacial score (nSPS) is 12.0. The number of halogens is 2. The fourth-order valence-corrected chi connectivity index (χ4v) is 2.83. The number of nitro groups is 2. The average Bonchev–Trinajstić information content (AvgIpc) is 2.44. The Morgan fingerprint density at radius 3 is 2.27 bits per heavy atom. The Labute approximate surface area is 131 Å². The van der Waals surface area contributed by atoms with E-state index in [2.05, 4.69) is 20.1 Å². The van der Waals surface area contributed by atoms with Crippen LogP contribution in [-0.4, -0.2) is 37.9 Å². The van der Waals surface area contributed by atoms with Gasteiger partial charge in [-0.25, -0.2) is 4.18 Å². The van der Waals surface area contributed by atoms with Crippen molar-refractivity contribution in [3.05, 3.63) is 42.9 Å². The number of ether oxygens (including phenoxy) is 1. The number of hydrogen-bond acceptors (Lipinski definition) is 8. The fourth-order valence-electron chi connectivity index (χ4n) is 1.20. The van der Waals surface area contributed by atoms with Gasteiger partial charge in [-0.3, -0.25) is 20.2 Å². The minimum atomic E-state index is -4.64. The highest BCUT2D eigenvalue weighted by atomic mass is 79.9. The third-order valence-electron chi connectivity index (χ3n) is 2.37. The van der Waals surface area contributed by atoms with E-state index < -0.39 is 37.4 Å². The second-order valence-corrected chi connectivity index (χ2v) is 6.22. The molecule has 1 aromatic rings. The van der Waals surface area contributed by atoms with Crippen molar-refractivity contribution in [3.63, 3.8) is 0 Å². The molecule has 0 aliphatic heterocycles. The van der Waals surface area contributed by atoms with Crippen LogP contribution in [0.1, 0.15) is 0 Å². The molecule has 0 aliphatic carbocycles. The molecule has 0 N–H and O–H groups in total. The lowest BCUT2D eigenvalue weighted by Crippen LogP contribution is -2.46. The number of rotatable bonds is 7. The van der Waals surface area contributed by atoms with Gasteiger partial charge in [0.1, 0.15) is 15.6 Å². The number of methoxy groups -OCH3 is 1. The van der Waals surface area contributed by atoms with Crippen molar-refractivity contribution >= 4 is 26.0 Å². The van der Waals surface area contributed by atoms with Gasteiger partial charge in [0.25, 0.3) is 10.1 Å². The SMILES string of the molecule is COc1ccc(S(=O)(=O)OCC(F)([N+](=O)[O-])[N+](=O)[O-])cc1Br. The van der Waals surface area contributed by atoms with E-state index in [1.54, 1.807) is 0 Å². The molecular weight excluding hydrogens is 395 g/mol. The molecule has 0 radical (unpaired) electrons. The summed E-state index contributed by atoms with van der Waals surface area (Å²) in [5, 5.41) is 20.7. The Hall–Kier alpha value is -1.86. The average molecular weight is 403 g/mol. The number of hydrogen-bond donors (Lipinski definition) is 0. The summed E-state index contributed by atoms with van der Waals surface area (Å²) in [5.41, 5.74) is 0. The van der Waals surface area contributed by atoms with Gasteiger partial charge in [0.05, 0.1) is 16.5 Å². The van der Waals surface area contributed by atoms with Gasteiger partial charge in [0.15, 0.2) is 0 Å². The van der Waals surface area contributed by atoms with E-state index in [0.717, 1.165) is 12.1 Å². The lowest BCUT2D eigenvalue weighted by molar-refractivity contribution is -0.831. The zero-order chi connectivity index (χ0) is 17.1. The Bertz CT molecular complexity index is 696. The van der Waals surface area contributed by atoms with Crippen LogP contribution in [0.2, 0.25) is 0 Å². The summed E-state index contributed by atoms with van der Waals surface area (Å²) < 4.78 is 46.2. The van der Waals surface area contributed by atoms with E-state index in [0.29, 0.717) is 0 Å². The predicted molar refractivity (Wildman–Crippen MR) is 71.7 cm³/mol. The van der Waals surface area contributed by atoms with Gasteiger partial charge in [-0.2, -0.15) is 8.42 Å². The molecular formula is C9H8BrFN2O8S. The first-order valence-electron chi connectivity index (χ1n) is 5.25. The van der Waals surface area contributed by atoms with E-state index in [9.17, 15) is 33.0 Å². The van der Waals surface area contributed by atoms with Crippen LogP contribution in [0, 0.1) is 20.2 Å². The first-order chi connectivity index (χ1) is 10.0. The summed E-state index contributed by atoms with van der Waals surface area (Å²) in [4.78, 5) is 16.4. The first kappa shape index (κ1) is 18.2. The summed E-state index contributed by atoms with van der Waals surface area (Å²) in [6.07, 6.45) is 0. The van der Waals surface area contributed by atoms with Gasteiger partial charge in [-0.15, -0.1) is 0 Å². The Balaban J connectivity index is 3.04. The van der Waals surface area contributed by atoms with Crippen molar-refractivity contribution in [3.8, 4) is 5.75 Å². The van der Waals surface area contributed by atoms with Crippen LogP contribution in [0.25, 0.3) is 0 Å². The molecule has 122 valence electrons. The van der Waals surface area contributed by atoms with E-state index in [4.69, 9.17) is 4.74 Å². The van der Waals surface area contributed by atoms with Crippen LogP contribution >= 0.6 is 15.9 Å². The van der Waals surface area contributed by atoms with Gasteiger partial charge >= 0.3 is 5.92 Å². The van der Waals surface area contributed by atoms with E-state index in [-0.39, 0.29) is 10.2 Å². The molecule has 0 amide bonds. The van der Waals surface area contributed by atoms with Crippen molar-refractivity contribution in [2.75, 3.05) is 13.7 Å². The molecule has 0 aromatic heterocycles. The van der Waals surface area contributed by atoms with Gasteiger partial charge < -0.3 is 4.74 Å². The van der Waals surface area contributed by atoms with Crippen molar-refractivity contribution in [1.29, 1.82) is 0 Å². The molecule has 0 unspecified atom stereocenters. The maximum atomic E-state index is 13.5. The quantitative estimate of drug-likeness (QED) is 0.219. The van der Waals surface area contributed by atoms with Crippen molar-refractivity contribution < 1.29 is 31.6 Å². The Morgan fingerprint density at radius 2 is 1.86 bits per heavy atom. The van der Waals surface area contributed by atoms with E-state index in [1.165, 1.54) is 13.2 Å². The van der Waals surface area contributed by atoms with Gasteiger partial charge in [-0.1, -0.05) is 4.39 Å². The summed E-state index contributed by atoms with van der Waals surface area (Å²) in [6.45, 7) is -1.90. The predicted octanol–water partition coefficient (Wildman–Crippen LogP) is 1.34. The zero-order valence-corrected chi connectivity index (χ0v) is 13.2. The lowest BCUT2D eigenvalue weighted by Gasteiger charge is -2.10. The van der Waals surface area contributed by atoms with Crippen LogP contribution in [0.3, 0.4) is 0 Å². The lowest BCUT2D eigenvalue weighted by atomic mass is 10.3. The van der Waals surface area contributed by atoms with Crippen LogP contribution in [-0.2, 0) is 14.3 Å².